The molecule has 37 heavy (non-hydrogen) atoms. The van der Waals surface area contributed by atoms with E-state index in [9.17, 15) is 9.18 Å². The number of hydrogen-bond acceptors (Lipinski definition) is 7. The van der Waals surface area contributed by atoms with E-state index >= 15 is 0 Å². The summed E-state index contributed by atoms with van der Waals surface area (Å²) in [4.78, 5) is 15.4. The van der Waals surface area contributed by atoms with E-state index in [4.69, 9.17) is 23.7 Å². The number of halogens is 1. The van der Waals surface area contributed by atoms with E-state index in [1.54, 1.807) is 58.8 Å². The second-order valence-electron chi connectivity index (χ2n) is 8.16. The molecule has 9 heteroatoms. The number of methoxy groups -OCH3 is 4. The Morgan fingerprint density at radius 1 is 0.919 bits per heavy atom. The van der Waals surface area contributed by atoms with Crippen LogP contribution in [0, 0.1) is 5.82 Å². The smallest absolute Gasteiger partial charge is 0.266 e. The molecule has 0 fully saturated rings. The van der Waals surface area contributed by atoms with Crippen LogP contribution in [-0.4, -0.2) is 65.0 Å². The maximum absolute atomic E-state index is 13.9. The fraction of sp³-hybridized carbons (Fsp3) is 0.321. The van der Waals surface area contributed by atoms with E-state index in [-0.39, 0.29) is 18.2 Å². The summed E-state index contributed by atoms with van der Waals surface area (Å²) in [5.74, 6) is 1.30. The van der Waals surface area contributed by atoms with Crippen molar-refractivity contribution in [2.24, 2.45) is 0 Å². The molecule has 198 valence electrons. The first-order valence-electron chi connectivity index (χ1n) is 11.8. The molecule has 0 aliphatic rings. The van der Waals surface area contributed by atoms with Crippen LogP contribution in [0.1, 0.15) is 5.56 Å². The van der Waals surface area contributed by atoms with Crippen LogP contribution in [0.4, 0.5) is 10.1 Å². The van der Waals surface area contributed by atoms with Gasteiger partial charge in [-0.1, -0.05) is 18.2 Å². The Kier molecular flexibility index (Phi) is 10.5. The van der Waals surface area contributed by atoms with Crippen molar-refractivity contribution in [2.75, 3.05) is 53.5 Å². The van der Waals surface area contributed by atoms with Crippen LogP contribution in [0.25, 0.3) is 0 Å². The lowest BCUT2D eigenvalue weighted by atomic mass is 10.1. The number of benzene rings is 3. The van der Waals surface area contributed by atoms with Crippen LogP contribution >= 0.6 is 0 Å². The van der Waals surface area contributed by atoms with Gasteiger partial charge in [0, 0.05) is 44.1 Å². The van der Waals surface area contributed by atoms with Crippen LogP contribution in [0.2, 0.25) is 0 Å². The molecule has 0 saturated carbocycles. The van der Waals surface area contributed by atoms with E-state index < -0.39 is 11.9 Å². The van der Waals surface area contributed by atoms with Crippen LogP contribution < -0.4 is 24.3 Å². The van der Waals surface area contributed by atoms with E-state index in [1.165, 1.54) is 18.2 Å². The summed E-state index contributed by atoms with van der Waals surface area (Å²) in [6.07, 6.45) is -0.961. The number of carbonyl (C=O) groups is 1. The van der Waals surface area contributed by atoms with Gasteiger partial charge in [0.25, 0.3) is 5.91 Å². The van der Waals surface area contributed by atoms with Crippen LogP contribution in [0.3, 0.4) is 0 Å². The van der Waals surface area contributed by atoms with Crippen molar-refractivity contribution in [3.05, 3.63) is 78.1 Å². The van der Waals surface area contributed by atoms with E-state index in [1.807, 2.05) is 23.1 Å². The molecule has 3 aromatic carbocycles. The minimum Gasteiger partial charge on any atom is -0.497 e. The number of nitrogens with one attached hydrogen (secondary N) is 1. The highest BCUT2D eigenvalue weighted by molar-refractivity contribution is 5.94. The zero-order valence-electron chi connectivity index (χ0n) is 21.5. The fourth-order valence-electron chi connectivity index (χ4n) is 3.78. The van der Waals surface area contributed by atoms with Crippen LogP contribution in [0.5, 0.6) is 23.0 Å². The van der Waals surface area contributed by atoms with Gasteiger partial charge in [-0.15, -0.1) is 0 Å². The summed E-state index contributed by atoms with van der Waals surface area (Å²) in [5, 5.41) is 2.88. The minimum atomic E-state index is -0.961. The fourth-order valence-corrected chi connectivity index (χ4v) is 3.78. The van der Waals surface area contributed by atoms with Gasteiger partial charge in [0.15, 0.2) is 17.6 Å². The van der Waals surface area contributed by atoms with Crippen molar-refractivity contribution in [1.29, 1.82) is 0 Å². The molecule has 8 nitrogen and oxygen atoms in total. The zero-order valence-corrected chi connectivity index (χ0v) is 21.5. The Balaban J connectivity index is 1.86. The van der Waals surface area contributed by atoms with Crippen LogP contribution in [0.15, 0.2) is 66.7 Å². The summed E-state index contributed by atoms with van der Waals surface area (Å²) < 4.78 is 41.4. The van der Waals surface area contributed by atoms with Crippen molar-refractivity contribution in [1.82, 2.24) is 4.90 Å². The Morgan fingerprint density at radius 3 is 2.32 bits per heavy atom. The highest BCUT2D eigenvalue weighted by Gasteiger charge is 2.25. The highest BCUT2D eigenvalue weighted by Crippen LogP contribution is 2.31. The molecule has 0 radical (unpaired) electrons. The molecule has 0 aliphatic heterocycles. The first kappa shape index (κ1) is 27.8. The molecule has 0 spiro atoms. The molecule has 3 aromatic rings. The Morgan fingerprint density at radius 2 is 1.68 bits per heavy atom. The number of ether oxygens (including phenoxy) is 5. The lowest BCUT2D eigenvalue weighted by Gasteiger charge is -2.28. The normalized spacial score (nSPS) is 11.6. The predicted octanol–water partition coefficient (Wildman–Crippen LogP) is 4.39. The standard InChI is InChI=1S/C28H33FN2O6/c1-33-16-15-31(18-20-7-5-10-25(35-3)27(20)36-4)19-26(37-24-9-6-8-21(29)17-24)28(32)30-22-11-13-23(34-2)14-12-22/h5-14,17,26H,15-16,18-19H2,1-4H3,(H,30,32). The summed E-state index contributed by atoms with van der Waals surface area (Å²) in [6, 6.07) is 18.3. The number of nitrogens with zero attached hydrogens (tertiary/aromatic N) is 1. The summed E-state index contributed by atoms with van der Waals surface area (Å²) in [7, 11) is 6.35. The third-order valence-corrected chi connectivity index (χ3v) is 5.64. The number of carbonyl (C=O) groups excluding carboxylic acids is 1. The largest absolute Gasteiger partial charge is 0.497 e. The Hall–Kier alpha value is -3.82. The van der Waals surface area contributed by atoms with Gasteiger partial charge >= 0.3 is 0 Å². The topological polar surface area (TPSA) is 78.5 Å². The van der Waals surface area contributed by atoms with Crippen molar-refractivity contribution in [3.8, 4) is 23.0 Å². The van der Waals surface area contributed by atoms with E-state index in [0.717, 1.165) is 5.56 Å². The minimum absolute atomic E-state index is 0.197. The quantitative estimate of drug-likeness (QED) is 0.343. The summed E-state index contributed by atoms with van der Waals surface area (Å²) in [6.45, 7) is 1.57. The third kappa shape index (κ3) is 8.09. The molecule has 0 bridgehead atoms. The molecular formula is C28H33FN2O6. The van der Waals surface area contributed by atoms with Gasteiger partial charge in [-0.2, -0.15) is 0 Å². The molecule has 0 aromatic heterocycles. The lowest BCUT2D eigenvalue weighted by molar-refractivity contribution is -0.123. The second kappa shape index (κ2) is 14.1. The summed E-state index contributed by atoms with van der Waals surface area (Å²) in [5.41, 5.74) is 1.45. The van der Waals surface area contributed by atoms with E-state index in [0.29, 0.717) is 42.6 Å². The molecule has 0 aliphatic carbocycles. The predicted molar refractivity (Wildman–Crippen MR) is 139 cm³/mol. The summed E-state index contributed by atoms with van der Waals surface area (Å²) >= 11 is 0. The second-order valence-corrected chi connectivity index (χ2v) is 8.16. The third-order valence-electron chi connectivity index (χ3n) is 5.64. The van der Waals surface area contributed by atoms with E-state index in [2.05, 4.69) is 5.32 Å². The zero-order chi connectivity index (χ0) is 26.6. The maximum atomic E-state index is 13.9. The molecule has 3 rings (SSSR count). The first-order chi connectivity index (χ1) is 18.0. The van der Waals surface area contributed by atoms with Crippen molar-refractivity contribution in [3.63, 3.8) is 0 Å². The average Bonchev–Trinajstić information content (AvgIpc) is 2.91. The Bertz CT molecular complexity index is 1140. The molecule has 1 atom stereocenters. The van der Waals surface area contributed by atoms with Gasteiger partial charge in [0.1, 0.15) is 17.3 Å². The molecule has 1 N–H and O–H groups in total. The molecule has 1 unspecified atom stereocenters. The van der Waals surface area contributed by atoms with Crippen molar-refractivity contribution < 1.29 is 32.9 Å². The lowest BCUT2D eigenvalue weighted by Crippen LogP contribution is -2.44. The maximum Gasteiger partial charge on any atom is 0.266 e. The monoisotopic (exact) mass is 512 g/mol. The van der Waals surface area contributed by atoms with Gasteiger partial charge in [-0.25, -0.2) is 4.39 Å². The number of rotatable bonds is 14. The molecule has 0 saturated heterocycles. The number of amides is 1. The molecule has 1 amide bonds. The first-order valence-corrected chi connectivity index (χ1v) is 11.8. The van der Waals surface area contributed by atoms with Crippen LogP contribution in [-0.2, 0) is 16.1 Å². The van der Waals surface area contributed by atoms with Gasteiger partial charge in [-0.05, 0) is 42.5 Å². The van der Waals surface area contributed by atoms with Gasteiger partial charge in [-0.3, -0.25) is 9.69 Å². The van der Waals surface area contributed by atoms with Gasteiger partial charge in [0.05, 0.1) is 27.9 Å². The Labute approximate surface area is 216 Å². The SMILES string of the molecule is COCCN(Cc1cccc(OC)c1OC)CC(Oc1cccc(F)c1)C(=O)Nc1ccc(OC)cc1. The van der Waals surface area contributed by atoms with Gasteiger partial charge in [0.2, 0.25) is 0 Å². The number of hydrogen-bond donors (Lipinski definition) is 1. The highest BCUT2D eigenvalue weighted by atomic mass is 19.1. The molecular weight excluding hydrogens is 479 g/mol. The average molecular weight is 513 g/mol. The molecule has 0 heterocycles. The number of anilines is 1. The number of para-hydroxylation sites is 1. The van der Waals surface area contributed by atoms with Crippen molar-refractivity contribution in [2.45, 2.75) is 12.6 Å². The van der Waals surface area contributed by atoms with Crippen molar-refractivity contribution >= 4 is 11.6 Å². The van der Waals surface area contributed by atoms with Gasteiger partial charge < -0.3 is 29.0 Å².